The third kappa shape index (κ3) is 4.22. The van der Waals surface area contributed by atoms with Gasteiger partial charge in [0.25, 0.3) is 0 Å². The van der Waals surface area contributed by atoms with E-state index in [-0.39, 0.29) is 12.1 Å². The second kappa shape index (κ2) is 7.97. The summed E-state index contributed by atoms with van der Waals surface area (Å²) in [6.07, 6.45) is 4.78. The van der Waals surface area contributed by atoms with E-state index >= 15 is 0 Å². The monoisotopic (exact) mass is 330 g/mol. The van der Waals surface area contributed by atoms with Crippen LogP contribution >= 0.6 is 11.3 Å². The molecule has 0 radical (unpaired) electrons. The number of likely N-dealkylation sites (tertiary alicyclic amines) is 1. The first-order valence-electron chi connectivity index (χ1n) is 8.06. The number of urea groups is 1. The molecule has 1 saturated heterocycles. The molecule has 0 bridgehead atoms. The summed E-state index contributed by atoms with van der Waals surface area (Å²) >= 11 is 1.69. The Hall–Kier alpha value is -2.08. The summed E-state index contributed by atoms with van der Waals surface area (Å²) < 4.78 is 0. The summed E-state index contributed by atoms with van der Waals surface area (Å²) in [4.78, 5) is 18.5. The fourth-order valence-electron chi connectivity index (χ4n) is 2.89. The fraction of sp³-hybridized carbons (Fsp3) is 0.412. The van der Waals surface area contributed by atoms with Gasteiger partial charge in [-0.25, -0.2) is 9.78 Å². The number of aromatic nitrogens is 1. The van der Waals surface area contributed by atoms with Gasteiger partial charge in [0, 0.05) is 25.8 Å². The second-order valence-corrected chi connectivity index (χ2v) is 6.42. The van der Waals surface area contributed by atoms with Gasteiger partial charge in [-0.1, -0.05) is 6.07 Å². The second-order valence-electron chi connectivity index (χ2n) is 5.64. The van der Waals surface area contributed by atoms with E-state index in [1.165, 1.54) is 5.56 Å². The van der Waals surface area contributed by atoms with Crippen molar-refractivity contribution in [3.63, 3.8) is 0 Å². The molecule has 122 valence electrons. The molecule has 3 rings (SSSR count). The van der Waals surface area contributed by atoms with Crippen molar-refractivity contribution in [3.8, 4) is 0 Å². The van der Waals surface area contributed by atoms with Crippen LogP contribution in [0.25, 0.3) is 0 Å². The minimum atomic E-state index is 0.0523. The molecule has 1 fully saturated rings. The van der Waals surface area contributed by atoms with Gasteiger partial charge in [0.15, 0.2) is 0 Å². The smallest absolute Gasteiger partial charge is 0.317 e. The topological polar surface area (TPSA) is 57.3 Å². The lowest BCUT2D eigenvalue weighted by Crippen LogP contribution is -2.40. The van der Waals surface area contributed by atoms with Crippen molar-refractivity contribution in [3.05, 3.63) is 46.8 Å². The minimum Gasteiger partial charge on any atom is -0.370 e. The van der Waals surface area contributed by atoms with E-state index in [0.29, 0.717) is 6.54 Å². The van der Waals surface area contributed by atoms with Crippen molar-refractivity contribution in [1.82, 2.24) is 15.2 Å². The molecule has 1 aliphatic heterocycles. The van der Waals surface area contributed by atoms with Crippen molar-refractivity contribution in [1.29, 1.82) is 0 Å². The number of nitrogens with one attached hydrogen (secondary N) is 2. The van der Waals surface area contributed by atoms with Gasteiger partial charge < -0.3 is 15.5 Å². The lowest BCUT2D eigenvalue weighted by Gasteiger charge is -2.24. The molecule has 1 atom stereocenters. The van der Waals surface area contributed by atoms with Crippen LogP contribution in [0.5, 0.6) is 0 Å². The van der Waals surface area contributed by atoms with E-state index in [4.69, 9.17) is 0 Å². The molecular weight excluding hydrogens is 308 g/mol. The molecule has 2 amide bonds. The van der Waals surface area contributed by atoms with Crippen LogP contribution in [0, 0.1) is 0 Å². The maximum atomic E-state index is 12.4. The molecule has 5 nitrogen and oxygen atoms in total. The zero-order valence-corrected chi connectivity index (χ0v) is 13.9. The van der Waals surface area contributed by atoms with Crippen molar-refractivity contribution < 1.29 is 4.79 Å². The van der Waals surface area contributed by atoms with Gasteiger partial charge in [0.05, 0.1) is 6.04 Å². The Morgan fingerprint density at radius 1 is 1.35 bits per heavy atom. The molecule has 0 spiro atoms. The third-order valence-corrected chi connectivity index (χ3v) is 4.74. The Labute approximate surface area is 140 Å². The van der Waals surface area contributed by atoms with Crippen LogP contribution in [-0.4, -0.2) is 35.5 Å². The molecule has 0 saturated carbocycles. The fourth-order valence-corrected chi connectivity index (χ4v) is 3.60. The Morgan fingerprint density at radius 3 is 3.09 bits per heavy atom. The maximum Gasteiger partial charge on any atom is 0.317 e. The average Bonchev–Trinajstić information content (AvgIpc) is 3.26. The van der Waals surface area contributed by atoms with Crippen LogP contribution in [0.2, 0.25) is 0 Å². The van der Waals surface area contributed by atoms with Gasteiger partial charge >= 0.3 is 6.03 Å². The van der Waals surface area contributed by atoms with Gasteiger partial charge in [-0.2, -0.15) is 11.3 Å². The van der Waals surface area contributed by atoms with Crippen LogP contribution < -0.4 is 10.6 Å². The summed E-state index contributed by atoms with van der Waals surface area (Å²) in [5, 5.41) is 10.5. The Bertz CT molecular complexity index is 602. The predicted octanol–water partition coefficient (Wildman–Crippen LogP) is 3.49. The molecule has 2 N–H and O–H groups in total. The number of hydrogen-bond acceptors (Lipinski definition) is 4. The van der Waals surface area contributed by atoms with E-state index < -0.39 is 0 Å². The lowest BCUT2D eigenvalue weighted by molar-refractivity contribution is 0.193. The molecule has 0 unspecified atom stereocenters. The van der Waals surface area contributed by atoms with E-state index in [0.717, 1.165) is 38.2 Å². The normalized spacial score (nSPS) is 17.2. The van der Waals surface area contributed by atoms with Gasteiger partial charge in [-0.15, -0.1) is 0 Å². The van der Waals surface area contributed by atoms with Crippen molar-refractivity contribution >= 4 is 23.2 Å². The van der Waals surface area contributed by atoms with Crippen LogP contribution in [0.3, 0.4) is 0 Å². The first-order chi connectivity index (χ1) is 11.3. The molecular formula is C17H22N4OS. The molecule has 0 aromatic carbocycles. The molecule has 3 heterocycles. The number of hydrogen-bond donors (Lipinski definition) is 2. The van der Waals surface area contributed by atoms with Gasteiger partial charge in [0.2, 0.25) is 0 Å². The van der Waals surface area contributed by atoms with Crippen molar-refractivity contribution in [2.24, 2.45) is 0 Å². The summed E-state index contributed by atoms with van der Waals surface area (Å²) in [5.41, 5.74) is 1.26. The number of anilines is 1. The van der Waals surface area contributed by atoms with Gasteiger partial charge in [-0.3, -0.25) is 0 Å². The van der Waals surface area contributed by atoms with Gasteiger partial charge in [-0.05, 0) is 53.8 Å². The Morgan fingerprint density at radius 2 is 2.30 bits per heavy atom. The quantitative estimate of drug-likeness (QED) is 0.797. The number of pyridine rings is 1. The van der Waals surface area contributed by atoms with Crippen LogP contribution in [0.4, 0.5) is 10.6 Å². The number of carbonyl (C=O) groups excluding carboxylic acids is 1. The number of nitrogens with zero attached hydrogens (tertiary/aromatic N) is 2. The van der Waals surface area contributed by atoms with E-state index in [2.05, 4.69) is 32.4 Å². The number of carbonyl (C=O) groups is 1. The highest BCUT2D eigenvalue weighted by molar-refractivity contribution is 7.07. The first kappa shape index (κ1) is 15.8. The summed E-state index contributed by atoms with van der Waals surface area (Å²) in [7, 11) is 0. The van der Waals surface area contributed by atoms with Gasteiger partial charge in [0.1, 0.15) is 5.82 Å². The van der Waals surface area contributed by atoms with Crippen LogP contribution in [0.1, 0.15) is 30.9 Å². The Balaban J connectivity index is 1.39. The highest BCUT2D eigenvalue weighted by Gasteiger charge is 2.29. The largest absolute Gasteiger partial charge is 0.370 e. The summed E-state index contributed by atoms with van der Waals surface area (Å²) in [6, 6.07) is 8.20. The zero-order chi connectivity index (χ0) is 15.9. The zero-order valence-electron chi connectivity index (χ0n) is 13.1. The van der Waals surface area contributed by atoms with E-state index in [9.17, 15) is 4.79 Å². The van der Waals surface area contributed by atoms with Crippen molar-refractivity contribution in [2.45, 2.75) is 25.3 Å². The van der Waals surface area contributed by atoms with E-state index in [1.54, 1.807) is 17.5 Å². The molecule has 2 aromatic heterocycles. The maximum absolute atomic E-state index is 12.4. The lowest BCUT2D eigenvalue weighted by atomic mass is 10.1. The number of rotatable bonds is 6. The average molecular weight is 330 g/mol. The third-order valence-electron chi connectivity index (χ3n) is 4.04. The standard InChI is InChI=1S/C17H22N4OS/c22-17(20-10-4-9-19-16-6-1-2-8-18-16)21-11-3-5-15(21)14-7-12-23-13-14/h1-2,6-8,12-13,15H,3-5,9-11H2,(H,18,19)(H,20,22)/t15-/m1/s1. The van der Waals surface area contributed by atoms with E-state index in [1.807, 2.05) is 23.1 Å². The molecule has 23 heavy (non-hydrogen) atoms. The molecule has 1 aliphatic rings. The van der Waals surface area contributed by atoms with Crippen LogP contribution in [-0.2, 0) is 0 Å². The van der Waals surface area contributed by atoms with Crippen molar-refractivity contribution in [2.75, 3.05) is 25.0 Å². The SMILES string of the molecule is O=C(NCCCNc1ccccn1)N1CCC[C@@H]1c1ccsc1. The molecule has 6 heteroatoms. The summed E-state index contributed by atoms with van der Waals surface area (Å²) in [6.45, 7) is 2.31. The Kier molecular flexibility index (Phi) is 5.47. The minimum absolute atomic E-state index is 0.0523. The first-order valence-corrected chi connectivity index (χ1v) is 9.00. The molecule has 2 aromatic rings. The predicted molar refractivity (Wildman–Crippen MR) is 93.7 cm³/mol. The highest BCUT2D eigenvalue weighted by Crippen LogP contribution is 2.32. The molecule has 0 aliphatic carbocycles. The number of thiophene rings is 1. The van der Waals surface area contributed by atoms with Crippen LogP contribution in [0.15, 0.2) is 41.2 Å². The number of amides is 2. The summed E-state index contributed by atoms with van der Waals surface area (Å²) in [5.74, 6) is 0.871. The highest BCUT2D eigenvalue weighted by atomic mass is 32.1.